The van der Waals surface area contributed by atoms with Crippen LogP contribution in [0.2, 0.25) is 10.0 Å². The van der Waals surface area contributed by atoms with E-state index >= 15 is 0 Å². The number of nitrogens with one attached hydrogen (secondary N) is 1. The van der Waals surface area contributed by atoms with Crippen LogP contribution in [0.3, 0.4) is 0 Å². The highest BCUT2D eigenvalue weighted by Crippen LogP contribution is 2.33. The van der Waals surface area contributed by atoms with E-state index in [4.69, 9.17) is 27.9 Å². The Morgan fingerprint density at radius 1 is 1.24 bits per heavy atom. The monoisotopic (exact) mass is 325 g/mol. The number of ether oxygens (including phenoxy) is 1. The minimum atomic E-state index is 0.448. The molecule has 4 nitrogen and oxygen atoms in total. The lowest BCUT2D eigenvalue weighted by molar-refractivity contribution is 0.455. The van der Waals surface area contributed by atoms with E-state index in [1.165, 1.54) is 0 Å². The van der Waals surface area contributed by atoms with E-state index < -0.39 is 0 Å². The van der Waals surface area contributed by atoms with Crippen molar-refractivity contribution in [1.29, 1.82) is 0 Å². The van der Waals surface area contributed by atoms with Crippen LogP contribution in [-0.4, -0.2) is 17.0 Å². The molecule has 0 amide bonds. The number of aryl methyl sites for hydroxylation is 1. The van der Waals surface area contributed by atoms with Gasteiger partial charge in [-0.1, -0.05) is 30.1 Å². The molecule has 1 heterocycles. The Balaban J connectivity index is 2.40. The fraction of sp³-hybridized carbons (Fsp3) is 0.333. The van der Waals surface area contributed by atoms with Gasteiger partial charge in [0.25, 0.3) is 0 Å². The zero-order chi connectivity index (χ0) is 15.4. The molecule has 0 saturated carbocycles. The molecule has 1 aromatic heterocycles. The van der Waals surface area contributed by atoms with Gasteiger partial charge in [0, 0.05) is 18.5 Å². The van der Waals surface area contributed by atoms with Crippen molar-refractivity contribution < 1.29 is 4.74 Å². The molecule has 112 valence electrons. The molecule has 6 heteroatoms. The smallest absolute Gasteiger partial charge is 0.227 e. The predicted octanol–water partition coefficient (Wildman–Crippen LogP) is 4.88. The van der Waals surface area contributed by atoms with E-state index in [9.17, 15) is 0 Å². The van der Waals surface area contributed by atoms with Gasteiger partial charge in [-0.3, -0.25) is 0 Å². The van der Waals surface area contributed by atoms with Crippen LogP contribution >= 0.6 is 23.2 Å². The number of anilines is 1. The van der Waals surface area contributed by atoms with Gasteiger partial charge in [0.05, 0.1) is 10.6 Å². The summed E-state index contributed by atoms with van der Waals surface area (Å²) in [5, 5.41) is 4.07. The molecule has 0 aliphatic carbocycles. The quantitative estimate of drug-likeness (QED) is 0.851. The molecule has 0 spiro atoms. The molecule has 21 heavy (non-hydrogen) atoms. The molecule has 0 aliphatic rings. The Morgan fingerprint density at radius 3 is 2.62 bits per heavy atom. The molecule has 0 radical (unpaired) electrons. The third-order valence-corrected chi connectivity index (χ3v) is 3.49. The third-order valence-electron chi connectivity index (χ3n) is 2.96. The highest BCUT2D eigenvalue weighted by atomic mass is 35.5. The van der Waals surface area contributed by atoms with Crippen molar-refractivity contribution in [2.24, 2.45) is 0 Å². The summed E-state index contributed by atoms with van der Waals surface area (Å²) >= 11 is 12.0. The van der Waals surface area contributed by atoms with Gasteiger partial charge >= 0.3 is 0 Å². The van der Waals surface area contributed by atoms with Crippen LogP contribution in [0.15, 0.2) is 18.2 Å². The highest BCUT2D eigenvalue weighted by molar-refractivity contribution is 6.35. The second-order valence-corrected chi connectivity index (χ2v) is 5.44. The fourth-order valence-electron chi connectivity index (χ4n) is 1.88. The molecule has 1 N–H and O–H groups in total. The lowest BCUT2D eigenvalue weighted by Gasteiger charge is -2.13. The number of benzene rings is 1. The molecule has 2 aromatic rings. The Kier molecular flexibility index (Phi) is 5.26. The second kappa shape index (κ2) is 6.96. The zero-order valence-electron chi connectivity index (χ0n) is 12.2. The minimum Gasteiger partial charge on any atom is -0.437 e. The molecular weight excluding hydrogens is 309 g/mol. The summed E-state index contributed by atoms with van der Waals surface area (Å²) in [4.78, 5) is 8.93. The van der Waals surface area contributed by atoms with E-state index in [1.807, 2.05) is 14.0 Å². The average molecular weight is 326 g/mol. The van der Waals surface area contributed by atoms with E-state index in [0.29, 0.717) is 21.7 Å². The first-order valence-electron chi connectivity index (χ1n) is 6.73. The van der Waals surface area contributed by atoms with Crippen molar-refractivity contribution in [3.63, 3.8) is 0 Å². The first-order valence-corrected chi connectivity index (χ1v) is 7.49. The van der Waals surface area contributed by atoms with Crippen molar-refractivity contribution in [3.05, 3.63) is 39.6 Å². The predicted molar refractivity (Wildman–Crippen MR) is 86.8 cm³/mol. The standard InChI is InChI=1S/C15H17Cl2N3O/c1-4-5-13-19-14(18-3)9(2)15(20-13)21-12-7-6-10(16)8-11(12)17/h6-8H,4-5H2,1-3H3,(H,18,19,20). The maximum atomic E-state index is 6.14. The van der Waals surface area contributed by atoms with E-state index in [1.54, 1.807) is 18.2 Å². The van der Waals surface area contributed by atoms with Crippen molar-refractivity contribution >= 4 is 29.0 Å². The van der Waals surface area contributed by atoms with Crippen LogP contribution < -0.4 is 10.1 Å². The molecule has 0 bridgehead atoms. The maximum Gasteiger partial charge on any atom is 0.227 e. The number of rotatable bonds is 5. The number of halogens is 2. The number of hydrogen-bond acceptors (Lipinski definition) is 4. The normalized spacial score (nSPS) is 10.5. The molecule has 2 rings (SSSR count). The molecule has 1 aromatic carbocycles. The summed E-state index contributed by atoms with van der Waals surface area (Å²) in [5.41, 5.74) is 0.836. The Bertz CT molecular complexity index is 647. The van der Waals surface area contributed by atoms with Crippen LogP contribution in [0.4, 0.5) is 5.82 Å². The van der Waals surface area contributed by atoms with Crippen LogP contribution in [0.1, 0.15) is 24.7 Å². The second-order valence-electron chi connectivity index (χ2n) is 4.60. The van der Waals surface area contributed by atoms with Gasteiger partial charge in [-0.2, -0.15) is 4.98 Å². The topological polar surface area (TPSA) is 47.0 Å². The molecular formula is C15H17Cl2N3O. The first-order chi connectivity index (χ1) is 10.0. The summed E-state index contributed by atoms with van der Waals surface area (Å²) < 4.78 is 5.84. The van der Waals surface area contributed by atoms with Crippen molar-refractivity contribution in [2.75, 3.05) is 12.4 Å². The van der Waals surface area contributed by atoms with Gasteiger partial charge in [-0.05, 0) is 31.5 Å². The average Bonchev–Trinajstić information content (AvgIpc) is 2.45. The van der Waals surface area contributed by atoms with Gasteiger partial charge in [-0.15, -0.1) is 0 Å². The van der Waals surface area contributed by atoms with Gasteiger partial charge in [-0.25, -0.2) is 4.98 Å². The number of aromatic nitrogens is 2. The summed E-state index contributed by atoms with van der Waals surface area (Å²) in [6, 6.07) is 5.09. The first kappa shape index (κ1) is 15.9. The highest BCUT2D eigenvalue weighted by Gasteiger charge is 2.13. The van der Waals surface area contributed by atoms with E-state index in [2.05, 4.69) is 22.2 Å². The summed E-state index contributed by atoms with van der Waals surface area (Å²) in [7, 11) is 1.82. The Morgan fingerprint density at radius 2 is 2.00 bits per heavy atom. The van der Waals surface area contributed by atoms with Crippen LogP contribution in [0.5, 0.6) is 11.6 Å². The summed E-state index contributed by atoms with van der Waals surface area (Å²) in [6.07, 6.45) is 1.76. The molecule has 0 fully saturated rings. The molecule has 0 unspecified atom stereocenters. The maximum absolute atomic E-state index is 6.14. The molecule has 0 aliphatic heterocycles. The molecule has 0 saturated heterocycles. The van der Waals surface area contributed by atoms with Gasteiger partial charge < -0.3 is 10.1 Å². The zero-order valence-corrected chi connectivity index (χ0v) is 13.7. The van der Waals surface area contributed by atoms with Gasteiger partial charge in [0.2, 0.25) is 5.88 Å². The minimum absolute atomic E-state index is 0.448. The number of nitrogens with zero attached hydrogens (tertiary/aromatic N) is 2. The van der Waals surface area contributed by atoms with Crippen molar-refractivity contribution in [2.45, 2.75) is 26.7 Å². The van der Waals surface area contributed by atoms with Crippen molar-refractivity contribution in [1.82, 2.24) is 9.97 Å². The van der Waals surface area contributed by atoms with E-state index in [-0.39, 0.29) is 0 Å². The third kappa shape index (κ3) is 3.77. The Labute approximate surface area is 134 Å². The van der Waals surface area contributed by atoms with Gasteiger partial charge in [0.15, 0.2) is 0 Å². The SMILES string of the molecule is CCCc1nc(NC)c(C)c(Oc2ccc(Cl)cc2Cl)n1. The lowest BCUT2D eigenvalue weighted by atomic mass is 10.2. The number of hydrogen-bond donors (Lipinski definition) is 1. The summed E-state index contributed by atoms with van der Waals surface area (Å²) in [5.74, 6) is 2.52. The van der Waals surface area contributed by atoms with Crippen LogP contribution in [0, 0.1) is 6.92 Å². The van der Waals surface area contributed by atoms with Crippen LogP contribution in [-0.2, 0) is 6.42 Å². The Hall–Kier alpha value is -1.52. The molecule has 0 atom stereocenters. The fourth-order valence-corrected chi connectivity index (χ4v) is 2.33. The van der Waals surface area contributed by atoms with Crippen molar-refractivity contribution in [3.8, 4) is 11.6 Å². The van der Waals surface area contributed by atoms with Crippen LogP contribution in [0.25, 0.3) is 0 Å². The summed E-state index contributed by atoms with van der Waals surface area (Å²) in [6.45, 7) is 3.99. The van der Waals surface area contributed by atoms with Gasteiger partial charge in [0.1, 0.15) is 17.4 Å². The van der Waals surface area contributed by atoms with E-state index in [0.717, 1.165) is 30.0 Å². The largest absolute Gasteiger partial charge is 0.437 e. The lowest BCUT2D eigenvalue weighted by Crippen LogP contribution is -2.05.